The molecule has 1 unspecified atom stereocenters. The molecule has 1 aliphatic heterocycles. The highest BCUT2D eigenvalue weighted by Gasteiger charge is 2.21. The van der Waals surface area contributed by atoms with E-state index in [2.05, 4.69) is 46.2 Å². The van der Waals surface area contributed by atoms with Crippen LogP contribution in [0, 0.1) is 12.7 Å². The van der Waals surface area contributed by atoms with Crippen molar-refractivity contribution < 1.29 is 4.39 Å². The first kappa shape index (κ1) is 30.1. The summed E-state index contributed by atoms with van der Waals surface area (Å²) in [4.78, 5) is 15.8. The predicted octanol–water partition coefficient (Wildman–Crippen LogP) is 8.54. The minimum Gasteiger partial charge on any atom is -0.340 e. The van der Waals surface area contributed by atoms with Crippen molar-refractivity contribution in [3.8, 4) is 11.5 Å². The number of benzene rings is 1. The molecule has 6 nitrogen and oxygen atoms in total. The number of pyridine rings is 1. The van der Waals surface area contributed by atoms with Crippen LogP contribution in [0.3, 0.4) is 0 Å². The monoisotopic (exact) mass is 576 g/mol. The maximum absolute atomic E-state index is 15.2. The molecular weight excluding hydrogens is 535 g/mol. The zero-order valence-corrected chi connectivity index (χ0v) is 25.5. The minimum atomic E-state index is -0.240. The van der Waals surface area contributed by atoms with Gasteiger partial charge < -0.3 is 9.88 Å². The highest BCUT2D eigenvalue weighted by molar-refractivity contribution is 5.90. The number of imidazole rings is 1. The molecule has 2 N–H and O–H groups in total. The molecular formula is C36H41FN6. The summed E-state index contributed by atoms with van der Waals surface area (Å²) in [5.74, 6) is 0.640. The lowest BCUT2D eigenvalue weighted by Crippen LogP contribution is -2.22. The van der Waals surface area contributed by atoms with Crippen LogP contribution in [0.15, 0.2) is 79.9 Å². The van der Waals surface area contributed by atoms with Crippen LogP contribution in [0.4, 0.5) is 4.39 Å². The number of nitrogens with one attached hydrogen (secondary N) is 2. The van der Waals surface area contributed by atoms with E-state index in [0.717, 1.165) is 69.8 Å². The van der Waals surface area contributed by atoms with Crippen molar-refractivity contribution in [2.24, 2.45) is 0 Å². The lowest BCUT2D eigenvalue weighted by molar-refractivity contribution is 0.319. The summed E-state index contributed by atoms with van der Waals surface area (Å²) in [6, 6.07) is 9.34. The number of hydrogen-bond acceptors (Lipinski definition) is 4. The molecule has 7 heteroatoms. The van der Waals surface area contributed by atoms with Crippen molar-refractivity contribution in [1.82, 2.24) is 30.0 Å². The Balaban J connectivity index is 1.50. The van der Waals surface area contributed by atoms with Crippen LogP contribution >= 0.6 is 0 Å². The van der Waals surface area contributed by atoms with E-state index in [1.54, 1.807) is 24.3 Å². The SMILES string of the molecule is C=C/C=C\C(=C/C)c1ccc2[nH]nc(-c3nc(/C(=C\C=C)c4cc(F)cc(C(CC)CCN5CCCC5)c4)c(C)[nH]3)c2n1. The lowest BCUT2D eigenvalue weighted by atomic mass is 9.89. The first-order valence-electron chi connectivity index (χ1n) is 15.2. The van der Waals surface area contributed by atoms with Gasteiger partial charge >= 0.3 is 0 Å². The predicted molar refractivity (Wildman–Crippen MR) is 176 cm³/mol. The van der Waals surface area contributed by atoms with Gasteiger partial charge in [-0.2, -0.15) is 5.10 Å². The molecule has 1 saturated heterocycles. The Morgan fingerprint density at radius 1 is 1.12 bits per heavy atom. The first-order chi connectivity index (χ1) is 20.9. The zero-order chi connectivity index (χ0) is 30.3. The van der Waals surface area contributed by atoms with Crippen molar-refractivity contribution in [1.29, 1.82) is 0 Å². The van der Waals surface area contributed by atoms with E-state index in [1.165, 1.54) is 25.9 Å². The van der Waals surface area contributed by atoms with E-state index in [4.69, 9.17) is 9.97 Å². The number of nitrogens with zero attached hydrogens (tertiary/aromatic N) is 4. The molecule has 1 aliphatic rings. The van der Waals surface area contributed by atoms with Gasteiger partial charge in [0.25, 0.3) is 0 Å². The van der Waals surface area contributed by atoms with Crippen LogP contribution < -0.4 is 0 Å². The number of halogens is 1. The molecule has 0 radical (unpaired) electrons. The summed E-state index contributed by atoms with van der Waals surface area (Å²) in [5, 5.41) is 7.65. The van der Waals surface area contributed by atoms with Gasteiger partial charge in [-0.15, -0.1) is 0 Å². The van der Waals surface area contributed by atoms with Gasteiger partial charge in [0.05, 0.1) is 16.9 Å². The Kier molecular flexibility index (Phi) is 9.62. The van der Waals surface area contributed by atoms with Gasteiger partial charge in [0.15, 0.2) is 11.5 Å². The highest BCUT2D eigenvalue weighted by Crippen LogP contribution is 2.33. The fraction of sp³-hybridized carbons (Fsp3) is 0.306. The van der Waals surface area contributed by atoms with E-state index in [-0.39, 0.29) is 11.7 Å². The molecule has 4 heterocycles. The van der Waals surface area contributed by atoms with Crippen LogP contribution in [0.1, 0.15) is 73.7 Å². The number of aromatic nitrogens is 5. The normalized spacial score (nSPS) is 15.5. The number of likely N-dealkylation sites (tertiary alicyclic amines) is 1. The Labute approximate surface area is 253 Å². The van der Waals surface area contributed by atoms with Crippen molar-refractivity contribution >= 4 is 22.2 Å². The third-order valence-electron chi connectivity index (χ3n) is 8.26. The van der Waals surface area contributed by atoms with E-state index in [1.807, 2.05) is 50.3 Å². The molecule has 5 rings (SSSR count). The van der Waals surface area contributed by atoms with Gasteiger partial charge in [0, 0.05) is 11.3 Å². The molecule has 1 atom stereocenters. The topological polar surface area (TPSA) is 73.5 Å². The molecule has 0 amide bonds. The molecule has 0 spiro atoms. The van der Waals surface area contributed by atoms with Crippen molar-refractivity contribution in [3.05, 3.63) is 114 Å². The lowest BCUT2D eigenvalue weighted by Gasteiger charge is -2.21. The molecule has 0 aliphatic carbocycles. The summed E-state index contributed by atoms with van der Waals surface area (Å²) < 4.78 is 15.2. The second-order valence-corrected chi connectivity index (χ2v) is 11.1. The number of hydrogen-bond donors (Lipinski definition) is 2. The van der Waals surface area contributed by atoms with Crippen molar-refractivity contribution in [2.45, 2.75) is 52.4 Å². The number of fused-ring (bicyclic) bond motifs is 1. The van der Waals surface area contributed by atoms with E-state index in [9.17, 15) is 0 Å². The van der Waals surface area contributed by atoms with Crippen LogP contribution in [0.2, 0.25) is 0 Å². The fourth-order valence-electron chi connectivity index (χ4n) is 5.95. The quantitative estimate of drug-likeness (QED) is 0.166. The van der Waals surface area contributed by atoms with Gasteiger partial charge in [-0.1, -0.05) is 62.6 Å². The molecule has 222 valence electrons. The van der Waals surface area contributed by atoms with E-state index < -0.39 is 0 Å². The second-order valence-electron chi connectivity index (χ2n) is 11.1. The summed E-state index contributed by atoms with van der Waals surface area (Å²) in [7, 11) is 0. The number of allylic oxidation sites excluding steroid dienone is 7. The third-order valence-corrected chi connectivity index (χ3v) is 8.26. The minimum absolute atomic E-state index is 0.240. The zero-order valence-electron chi connectivity index (χ0n) is 25.5. The maximum Gasteiger partial charge on any atom is 0.161 e. The summed E-state index contributed by atoms with van der Waals surface area (Å²) in [5.41, 5.74) is 8.17. The smallest absolute Gasteiger partial charge is 0.161 e. The van der Waals surface area contributed by atoms with Crippen LogP contribution in [-0.4, -0.2) is 49.7 Å². The number of H-pyrrole nitrogens is 2. The molecule has 43 heavy (non-hydrogen) atoms. The third kappa shape index (κ3) is 6.67. The average molecular weight is 577 g/mol. The fourth-order valence-corrected chi connectivity index (χ4v) is 5.95. The van der Waals surface area contributed by atoms with E-state index >= 15 is 4.39 Å². The number of aromatic amines is 2. The van der Waals surface area contributed by atoms with Gasteiger partial charge in [0.2, 0.25) is 0 Å². The van der Waals surface area contributed by atoms with Crippen LogP contribution in [-0.2, 0) is 0 Å². The summed E-state index contributed by atoms with van der Waals surface area (Å²) >= 11 is 0. The number of aryl methyl sites for hydroxylation is 1. The van der Waals surface area contributed by atoms with Crippen molar-refractivity contribution in [3.63, 3.8) is 0 Å². The van der Waals surface area contributed by atoms with Crippen LogP contribution in [0.25, 0.3) is 33.7 Å². The maximum atomic E-state index is 15.2. The Hall–Kier alpha value is -4.36. The van der Waals surface area contributed by atoms with E-state index in [0.29, 0.717) is 11.5 Å². The molecule has 0 bridgehead atoms. The summed E-state index contributed by atoms with van der Waals surface area (Å²) in [6.07, 6.45) is 15.8. The standard InChI is InChI=1S/C36H41FN6/c1-6-10-14-26(9-4)31-15-16-32-34(39-31)35(42-41-32)36-38-24(5)33(40-36)30(13-7-2)28-21-27(22-29(37)23-28)25(8-3)17-20-43-18-11-12-19-43/h6-7,9-10,13-16,21-23,25H,1-2,8,11-12,17-20H2,3-5H3,(H,38,40)(H,41,42)/b14-10-,26-9+,30-13-. The van der Waals surface area contributed by atoms with Gasteiger partial charge in [-0.25, -0.2) is 14.4 Å². The molecule has 3 aromatic heterocycles. The largest absolute Gasteiger partial charge is 0.340 e. The Morgan fingerprint density at radius 2 is 1.93 bits per heavy atom. The number of rotatable bonds is 12. The highest BCUT2D eigenvalue weighted by atomic mass is 19.1. The van der Waals surface area contributed by atoms with Crippen LogP contribution in [0.5, 0.6) is 0 Å². The molecule has 0 saturated carbocycles. The molecule has 4 aromatic rings. The van der Waals surface area contributed by atoms with Crippen molar-refractivity contribution in [2.75, 3.05) is 19.6 Å². The molecule has 1 aromatic carbocycles. The first-order valence-corrected chi connectivity index (χ1v) is 15.2. The Bertz CT molecular complexity index is 1700. The Morgan fingerprint density at radius 3 is 2.65 bits per heavy atom. The van der Waals surface area contributed by atoms with Gasteiger partial charge in [-0.3, -0.25) is 5.10 Å². The second kappa shape index (κ2) is 13.7. The van der Waals surface area contributed by atoms with Gasteiger partial charge in [-0.05, 0) is 106 Å². The average Bonchev–Trinajstić information content (AvgIpc) is 3.76. The molecule has 1 fully saturated rings. The van der Waals surface area contributed by atoms with Gasteiger partial charge in [0.1, 0.15) is 11.3 Å². The summed E-state index contributed by atoms with van der Waals surface area (Å²) in [6.45, 7) is 17.2.